The molecule has 1 heterocycles. The van der Waals surface area contributed by atoms with E-state index in [9.17, 15) is 4.79 Å². The van der Waals surface area contributed by atoms with Gasteiger partial charge in [-0.05, 0) is 6.42 Å². The Hall–Kier alpha value is -1.01. The van der Waals surface area contributed by atoms with Gasteiger partial charge in [0.1, 0.15) is 0 Å². The second-order valence-corrected chi connectivity index (χ2v) is 4.53. The van der Waals surface area contributed by atoms with E-state index in [-0.39, 0.29) is 11.2 Å². The highest BCUT2D eigenvalue weighted by Gasteiger charge is 2.18. The molecule has 0 spiro atoms. The molecule has 1 atom stereocenters. The van der Waals surface area contributed by atoms with E-state index in [2.05, 4.69) is 10.5 Å². The van der Waals surface area contributed by atoms with Gasteiger partial charge in [0.15, 0.2) is 0 Å². The number of rotatable bonds is 5. The van der Waals surface area contributed by atoms with E-state index in [4.69, 9.17) is 5.84 Å². The van der Waals surface area contributed by atoms with Gasteiger partial charge in [0.25, 0.3) is 0 Å². The summed E-state index contributed by atoms with van der Waals surface area (Å²) in [4.78, 5) is 12.4. The molecule has 5 nitrogen and oxygen atoms in total. The van der Waals surface area contributed by atoms with E-state index in [0.717, 1.165) is 17.7 Å². The third kappa shape index (κ3) is 3.56. The van der Waals surface area contributed by atoms with Crippen molar-refractivity contribution >= 4 is 17.7 Å². The minimum atomic E-state index is -0.135. The van der Waals surface area contributed by atoms with E-state index in [0.29, 0.717) is 0 Å². The van der Waals surface area contributed by atoms with E-state index < -0.39 is 0 Å². The lowest BCUT2D eigenvalue weighted by Crippen LogP contribution is -2.37. The minimum absolute atomic E-state index is 0.134. The van der Waals surface area contributed by atoms with Crippen molar-refractivity contribution in [1.29, 1.82) is 0 Å². The van der Waals surface area contributed by atoms with E-state index in [1.165, 1.54) is 11.8 Å². The number of hydrazine groups is 1. The number of nitrogens with one attached hydrogen (secondary N) is 1. The first-order valence-corrected chi connectivity index (χ1v) is 5.71. The van der Waals surface area contributed by atoms with Crippen molar-refractivity contribution in [2.45, 2.75) is 29.9 Å². The molecule has 0 aliphatic rings. The summed E-state index contributed by atoms with van der Waals surface area (Å²) in [5, 5.41) is 3.91. The Morgan fingerprint density at radius 3 is 3.00 bits per heavy atom. The Labute approximate surface area is 93.4 Å². The van der Waals surface area contributed by atoms with Gasteiger partial charge in [-0.2, -0.15) is 5.10 Å². The maximum absolute atomic E-state index is 11.4. The van der Waals surface area contributed by atoms with Crippen LogP contribution in [0.5, 0.6) is 0 Å². The second kappa shape index (κ2) is 5.77. The van der Waals surface area contributed by atoms with Crippen molar-refractivity contribution in [3.05, 3.63) is 12.4 Å². The number of thioether (sulfide) groups is 1. The van der Waals surface area contributed by atoms with Crippen molar-refractivity contribution in [3.8, 4) is 0 Å². The average Bonchev–Trinajstić information content (AvgIpc) is 2.62. The lowest BCUT2D eigenvalue weighted by molar-refractivity contribution is -0.120. The number of amides is 1. The van der Waals surface area contributed by atoms with Crippen LogP contribution in [-0.4, -0.2) is 20.9 Å². The summed E-state index contributed by atoms with van der Waals surface area (Å²) in [5.74, 6) is 4.99. The number of nitrogens with zero attached hydrogens (tertiary/aromatic N) is 2. The molecule has 1 aromatic heterocycles. The van der Waals surface area contributed by atoms with Crippen molar-refractivity contribution in [2.75, 3.05) is 0 Å². The summed E-state index contributed by atoms with van der Waals surface area (Å²) >= 11 is 1.49. The Bertz CT molecular complexity index is 326. The quantitative estimate of drug-likeness (QED) is 0.336. The lowest BCUT2D eigenvalue weighted by atomic mass is 10.2. The predicted octanol–water partition coefficient (Wildman–Crippen LogP) is 0.671. The van der Waals surface area contributed by atoms with Gasteiger partial charge in [-0.15, -0.1) is 11.8 Å². The second-order valence-electron chi connectivity index (χ2n) is 3.25. The van der Waals surface area contributed by atoms with Crippen LogP contribution in [0.1, 0.15) is 19.8 Å². The molecule has 0 saturated carbocycles. The number of aryl methyl sites for hydroxylation is 1. The van der Waals surface area contributed by atoms with E-state index in [1.807, 2.05) is 20.2 Å². The van der Waals surface area contributed by atoms with Crippen LogP contribution < -0.4 is 11.3 Å². The highest BCUT2D eigenvalue weighted by atomic mass is 32.2. The summed E-state index contributed by atoms with van der Waals surface area (Å²) < 4.78 is 1.71. The minimum Gasteiger partial charge on any atom is -0.293 e. The molecule has 0 aromatic carbocycles. The van der Waals surface area contributed by atoms with Crippen LogP contribution in [0.2, 0.25) is 0 Å². The van der Waals surface area contributed by atoms with Crippen LogP contribution in [0.4, 0.5) is 0 Å². The van der Waals surface area contributed by atoms with Crippen LogP contribution in [0.3, 0.4) is 0 Å². The molecular formula is C9H16N4OS. The van der Waals surface area contributed by atoms with Crippen molar-refractivity contribution in [3.63, 3.8) is 0 Å². The number of carbonyl (C=O) groups excluding carboxylic acids is 1. The fourth-order valence-electron chi connectivity index (χ4n) is 1.22. The normalized spacial score (nSPS) is 12.5. The Kier molecular flexibility index (Phi) is 4.64. The number of hydrogen-bond acceptors (Lipinski definition) is 4. The van der Waals surface area contributed by atoms with Gasteiger partial charge in [-0.25, -0.2) is 5.84 Å². The Morgan fingerprint density at radius 2 is 2.53 bits per heavy atom. The van der Waals surface area contributed by atoms with Crippen LogP contribution in [0.15, 0.2) is 17.3 Å². The van der Waals surface area contributed by atoms with Gasteiger partial charge < -0.3 is 0 Å². The Morgan fingerprint density at radius 1 is 1.80 bits per heavy atom. The van der Waals surface area contributed by atoms with Gasteiger partial charge in [-0.3, -0.25) is 14.9 Å². The molecule has 0 aliphatic heterocycles. The number of carbonyl (C=O) groups is 1. The Balaban J connectivity index is 2.62. The first-order valence-electron chi connectivity index (χ1n) is 4.83. The van der Waals surface area contributed by atoms with Crippen molar-refractivity contribution in [1.82, 2.24) is 15.2 Å². The summed E-state index contributed by atoms with van der Waals surface area (Å²) in [6, 6.07) is 0. The zero-order chi connectivity index (χ0) is 11.3. The van der Waals surface area contributed by atoms with Gasteiger partial charge in [0, 0.05) is 18.1 Å². The highest BCUT2D eigenvalue weighted by molar-refractivity contribution is 8.00. The predicted molar refractivity (Wildman–Crippen MR) is 60.1 cm³/mol. The molecule has 1 amide bonds. The number of hydrogen-bond donors (Lipinski definition) is 2. The summed E-state index contributed by atoms with van der Waals surface area (Å²) in [5.41, 5.74) is 2.19. The monoisotopic (exact) mass is 228 g/mol. The van der Waals surface area contributed by atoms with Crippen LogP contribution in [-0.2, 0) is 11.8 Å². The third-order valence-electron chi connectivity index (χ3n) is 1.95. The number of aromatic nitrogens is 2. The topological polar surface area (TPSA) is 72.9 Å². The average molecular weight is 228 g/mol. The molecule has 0 aliphatic carbocycles. The standard InChI is InChI=1S/C9H16N4OS/c1-3-4-8(9(14)12-10)15-7-5-11-13(2)6-7/h5-6,8H,3-4,10H2,1-2H3,(H,12,14). The lowest BCUT2D eigenvalue weighted by Gasteiger charge is -2.12. The van der Waals surface area contributed by atoms with Gasteiger partial charge in [-0.1, -0.05) is 13.3 Å². The first-order chi connectivity index (χ1) is 7.17. The third-order valence-corrected chi connectivity index (χ3v) is 3.16. The zero-order valence-corrected chi connectivity index (χ0v) is 9.75. The van der Waals surface area contributed by atoms with Gasteiger partial charge in [0.05, 0.1) is 11.4 Å². The molecule has 3 N–H and O–H groups in total. The van der Waals surface area contributed by atoms with Crippen molar-refractivity contribution < 1.29 is 4.79 Å². The first kappa shape index (κ1) is 12.1. The number of nitrogens with two attached hydrogens (primary N) is 1. The fourth-order valence-corrected chi connectivity index (χ4v) is 2.40. The largest absolute Gasteiger partial charge is 0.293 e. The fraction of sp³-hybridized carbons (Fsp3) is 0.556. The molecular weight excluding hydrogens is 212 g/mol. The molecule has 0 fully saturated rings. The van der Waals surface area contributed by atoms with Crippen molar-refractivity contribution in [2.24, 2.45) is 12.9 Å². The summed E-state index contributed by atoms with van der Waals surface area (Å²) in [7, 11) is 1.85. The van der Waals surface area contributed by atoms with E-state index in [1.54, 1.807) is 10.9 Å². The zero-order valence-electron chi connectivity index (χ0n) is 8.93. The molecule has 84 valence electrons. The smallest absolute Gasteiger partial charge is 0.247 e. The van der Waals surface area contributed by atoms with Gasteiger partial charge in [0.2, 0.25) is 5.91 Å². The highest BCUT2D eigenvalue weighted by Crippen LogP contribution is 2.25. The summed E-state index contributed by atoms with van der Waals surface area (Å²) in [6.07, 6.45) is 5.39. The molecule has 1 rings (SSSR count). The molecule has 0 saturated heterocycles. The maximum atomic E-state index is 11.4. The molecule has 15 heavy (non-hydrogen) atoms. The van der Waals surface area contributed by atoms with Crippen LogP contribution in [0, 0.1) is 0 Å². The van der Waals surface area contributed by atoms with Gasteiger partial charge >= 0.3 is 0 Å². The SMILES string of the molecule is CCCC(Sc1cnn(C)c1)C(=O)NN. The van der Waals surface area contributed by atoms with E-state index >= 15 is 0 Å². The molecule has 0 bridgehead atoms. The maximum Gasteiger partial charge on any atom is 0.247 e. The summed E-state index contributed by atoms with van der Waals surface area (Å²) in [6.45, 7) is 2.04. The van der Waals surface area contributed by atoms with Crippen LogP contribution in [0.25, 0.3) is 0 Å². The van der Waals surface area contributed by atoms with Crippen LogP contribution >= 0.6 is 11.8 Å². The molecule has 6 heteroatoms. The molecule has 0 radical (unpaired) electrons. The molecule has 1 unspecified atom stereocenters. The molecule has 1 aromatic rings.